The van der Waals surface area contributed by atoms with Crippen molar-refractivity contribution in [1.82, 2.24) is 5.48 Å². The van der Waals surface area contributed by atoms with Crippen LogP contribution >= 0.6 is 11.6 Å². The van der Waals surface area contributed by atoms with Gasteiger partial charge in [0.25, 0.3) is 11.8 Å². The highest BCUT2D eigenvalue weighted by Gasteiger charge is 2.27. The van der Waals surface area contributed by atoms with Gasteiger partial charge in [-0.25, -0.2) is 9.87 Å². The molecule has 0 bridgehead atoms. The number of nitrogens with one attached hydrogen (secondary N) is 1. The lowest BCUT2D eigenvalue weighted by Gasteiger charge is -2.30. The van der Waals surface area contributed by atoms with E-state index in [0.29, 0.717) is 22.0 Å². The van der Waals surface area contributed by atoms with Gasteiger partial charge in [0.1, 0.15) is 11.6 Å². The topological polar surface area (TPSA) is 78.9 Å². The Labute approximate surface area is 141 Å². The molecule has 0 atom stereocenters. The van der Waals surface area contributed by atoms with Crippen molar-refractivity contribution in [2.24, 2.45) is 0 Å². The molecular formula is C16H12ClFN2O4. The summed E-state index contributed by atoms with van der Waals surface area (Å²) >= 11 is 6.06. The van der Waals surface area contributed by atoms with Gasteiger partial charge in [-0.05, 0) is 42.0 Å². The standard InChI is InChI=1S/C16H12ClFN2O4/c17-12-3-2-11(18)5-10(12)7-20-13-6-9(16(22)19-23)1-4-14(13)24-8-15(20)21/h1-6,23H,7-8H2,(H,19,22). The number of halogens is 2. The van der Waals surface area contributed by atoms with Crippen molar-refractivity contribution in [2.75, 3.05) is 11.5 Å². The van der Waals surface area contributed by atoms with Gasteiger partial charge in [0, 0.05) is 10.6 Å². The predicted molar refractivity (Wildman–Crippen MR) is 83.8 cm³/mol. The monoisotopic (exact) mass is 350 g/mol. The van der Waals surface area contributed by atoms with Gasteiger partial charge < -0.3 is 9.64 Å². The Hall–Kier alpha value is -2.64. The molecule has 2 aromatic carbocycles. The van der Waals surface area contributed by atoms with Crippen molar-refractivity contribution in [3.8, 4) is 5.75 Å². The maximum atomic E-state index is 13.4. The van der Waals surface area contributed by atoms with Gasteiger partial charge in [-0.3, -0.25) is 14.8 Å². The smallest absolute Gasteiger partial charge is 0.274 e. The molecular weight excluding hydrogens is 339 g/mol. The lowest BCUT2D eigenvalue weighted by molar-refractivity contribution is -0.121. The largest absolute Gasteiger partial charge is 0.482 e. The minimum Gasteiger partial charge on any atom is -0.482 e. The molecule has 2 N–H and O–H groups in total. The Morgan fingerprint density at radius 2 is 2.12 bits per heavy atom. The summed E-state index contributed by atoms with van der Waals surface area (Å²) in [5, 5.41) is 9.06. The number of anilines is 1. The van der Waals surface area contributed by atoms with Crippen LogP contribution in [-0.4, -0.2) is 23.6 Å². The number of nitrogens with zero attached hydrogens (tertiary/aromatic N) is 1. The first-order valence-corrected chi connectivity index (χ1v) is 7.33. The summed E-state index contributed by atoms with van der Waals surface area (Å²) < 4.78 is 18.8. The second-order valence-corrected chi connectivity index (χ2v) is 5.53. The van der Waals surface area contributed by atoms with Crippen LogP contribution in [0.25, 0.3) is 0 Å². The van der Waals surface area contributed by atoms with E-state index in [2.05, 4.69) is 0 Å². The highest BCUT2D eigenvalue weighted by molar-refractivity contribution is 6.31. The van der Waals surface area contributed by atoms with Crippen molar-refractivity contribution < 1.29 is 23.9 Å². The van der Waals surface area contributed by atoms with E-state index < -0.39 is 11.7 Å². The lowest BCUT2D eigenvalue weighted by atomic mass is 10.1. The molecule has 124 valence electrons. The van der Waals surface area contributed by atoms with Gasteiger partial charge in [-0.15, -0.1) is 0 Å². The summed E-state index contributed by atoms with van der Waals surface area (Å²) in [6, 6.07) is 8.26. The Morgan fingerprint density at radius 1 is 1.33 bits per heavy atom. The fourth-order valence-corrected chi connectivity index (χ4v) is 2.59. The van der Waals surface area contributed by atoms with Crippen LogP contribution in [0.3, 0.4) is 0 Å². The number of hydrogen-bond donors (Lipinski definition) is 2. The normalized spacial score (nSPS) is 13.3. The molecule has 0 saturated carbocycles. The van der Waals surface area contributed by atoms with Gasteiger partial charge in [0.05, 0.1) is 12.2 Å². The average Bonchev–Trinajstić information content (AvgIpc) is 2.59. The van der Waals surface area contributed by atoms with Crippen LogP contribution in [0.2, 0.25) is 5.02 Å². The van der Waals surface area contributed by atoms with Crippen LogP contribution in [0.15, 0.2) is 36.4 Å². The van der Waals surface area contributed by atoms with Gasteiger partial charge in [0.2, 0.25) is 0 Å². The second kappa shape index (κ2) is 6.46. The average molecular weight is 351 g/mol. The summed E-state index contributed by atoms with van der Waals surface area (Å²) in [5.41, 5.74) is 2.44. The third kappa shape index (κ3) is 3.04. The molecule has 0 unspecified atom stereocenters. The molecule has 0 fully saturated rings. The molecule has 2 amide bonds. The van der Waals surface area contributed by atoms with E-state index >= 15 is 0 Å². The number of carbonyl (C=O) groups excluding carboxylic acids is 2. The second-order valence-electron chi connectivity index (χ2n) is 5.13. The molecule has 0 aliphatic carbocycles. The fraction of sp³-hybridized carbons (Fsp3) is 0.125. The number of fused-ring (bicyclic) bond motifs is 1. The summed E-state index contributed by atoms with van der Waals surface area (Å²) in [4.78, 5) is 25.1. The van der Waals surface area contributed by atoms with Crippen molar-refractivity contribution in [1.29, 1.82) is 0 Å². The number of ether oxygens (including phenoxy) is 1. The molecule has 0 aromatic heterocycles. The third-order valence-electron chi connectivity index (χ3n) is 3.60. The quantitative estimate of drug-likeness (QED) is 0.658. The van der Waals surface area contributed by atoms with E-state index in [1.807, 2.05) is 0 Å². The minimum absolute atomic E-state index is 0.0238. The first-order valence-electron chi connectivity index (χ1n) is 6.95. The molecule has 3 rings (SSSR count). The van der Waals surface area contributed by atoms with Crippen LogP contribution in [0.1, 0.15) is 15.9 Å². The van der Waals surface area contributed by atoms with Gasteiger partial charge >= 0.3 is 0 Å². The van der Waals surface area contributed by atoms with Crippen LogP contribution in [0, 0.1) is 5.82 Å². The zero-order chi connectivity index (χ0) is 17.3. The predicted octanol–water partition coefficient (Wildman–Crippen LogP) is 2.52. The molecule has 1 aliphatic rings. The summed E-state index contributed by atoms with van der Waals surface area (Å²) in [6.07, 6.45) is 0. The van der Waals surface area contributed by atoms with Gasteiger partial charge in [-0.1, -0.05) is 11.6 Å². The van der Waals surface area contributed by atoms with Crippen LogP contribution < -0.4 is 15.1 Å². The first-order chi connectivity index (χ1) is 11.5. The molecule has 24 heavy (non-hydrogen) atoms. The molecule has 6 nitrogen and oxygen atoms in total. The van der Waals surface area contributed by atoms with Gasteiger partial charge in [-0.2, -0.15) is 0 Å². The highest BCUT2D eigenvalue weighted by Crippen LogP contribution is 2.34. The van der Waals surface area contributed by atoms with Crippen LogP contribution in [0.4, 0.5) is 10.1 Å². The van der Waals surface area contributed by atoms with Gasteiger partial charge in [0.15, 0.2) is 6.61 Å². The Balaban J connectivity index is 2.01. The molecule has 0 saturated heterocycles. The highest BCUT2D eigenvalue weighted by atomic mass is 35.5. The van der Waals surface area contributed by atoms with E-state index in [4.69, 9.17) is 21.5 Å². The third-order valence-corrected chi connectivity index (χ3v) is 3.97. The number of amides is 2. The summed E-state index contributed by atoms with van der Waals surface area (Å²) in [6.45, 7) is -0.151. The van der Waals surface area contributed by atoms with E-state index in [0.717, 1.165) is 0 Å². The lowest BCUT2D eigenvalue weighted by Crippen LogP contribution is -2.38. The number of rotatable bonds is 3. The fourth-order valence-electron chi connectivity index (χ4n) is 2.42. The maximum absolute atomic E-state index is 13.4. The van der Waals surface area contributed by atoms with Crippen molar-refractivity contribution >= 4 is 29.1 Å². The van der Waals surface area contributed by atoms with E-state index in [1.165, 1.54) is 46.8 Å². The maximum Gasteiger partial charge on any atom is 0.274 e. The Bertz CT molecular complexity index is 828. The molecule has 0 radical (unpaired) electrons. The summed E-state index contributed by atoms with van der Waals surface area (Å²) in [7, 11) is 0. The van der Waals surface area contributed by atoms with Crippen molar-refractivity contribution in [3.05, 3.63) is 58.4 Å². The van der Waals surface area contributed by atoms with E-state index in [9.17, 15) is 14.0 Å². The van der Waals surface area contributed by atoms with Crippen LogP contribution in [-0.2, 0) is 11.3 Å². The SMILES string of the molecule is O=C(NO)c1ccc2c(c1)N(Cc1cc(F)ccc1Cl)C(=O)CO2. The zero-order valence-corrected chi connectivity index (χ0v) is 13.0. The molecule has 0 spiro atoms. The summed E-state index contributed by atoms with van der Waals surface area (Å²) in [5.74, 6) is -1.15. The first kappa shape index (κ1) is 16.2. The number of hydroxylamine groups is 1. The van der Waals surface area contributed by atoms with Crippen molar-refractivity contribution in [3.63, 3.8) is 0 Å². The molecule has 8 heteroatoms. The molecule has 2 aromatic rings. The van der Waals surface area contributed by atoms with Crippen LogP contribution in [0.5, 0.6) is 5.75 Å². The van der Waals surface area contributed by atoms with E-state index in [1.54, 1.807) is 0 Å². The number of hydrogen-bond acceptors (Lipinski definition) is 4. The number of benzene rings is 2. The molecule has 1 aliphatic heterocycles. The van der Waals surface area contributed by atoms with Crippen molar-refractivity contribution in [2.45, 2.75) is 6.54 Å². The van der Waals surface area contributed by atoms with E-state index in [-0.39, 0.29) is 24.6 Å². The molecule has 1 heterocycles. The minimum atomic E-state index is -0.723. The zero-order valence-electron chi connectivity index (χ0n) is 12.3. The Kier molecular flexibility index (Phi) is 4.37. The Morgan fingerprint density at radius 3 is 2.88 bits per heavy atom. The number of carbonyl (C=O) groups is 2.